The van der Waals surface area contributed by atoms with Crippen molar-refractivity contribution in [3.63, 3.8) is 0 Å². The van der Waals surface area contributed by atoms with Gasteiger partial charge in [-0.3, -0.25) is 10.00 Å². The summed E-state index contributed by atoms with van der Waals surface area (Å²) < 4.78 is 0. The summed E-state index contributed by atoms with van der Waals surface area (Å²) in [5.74, 6) is -0.205. The number of hydrogen-bond donors (Lipinski definition) is 3. The van der Waals surface area contributed by atoms with Gasteiger partial charge in [-0.15, -0.1) is 0 Å². The van der Waals surface area contributed by atoms with E-state index in [2.05, 4.69) is 37.4 Å². The van der Waals surface area contributed by atoms with Gasteiger partial charge in [-0.25, -0.2) is 0 Å². The smallest absolute Gasteiger partial charge is 0.137 e. The molecule has 0 fully saturated rings. The molecule has 8 nitrogen and oxygen atoms in total. The van der Waals surface area contributed by atoms with E-state index in [0.717, 1.165) is 36.5 Å². The molecule has 0 aliphatic carbocycles. The number of halogens is 1. The van der Waals surface area contributed by atoms with Crippen LogP contribution in [-0.2, 0) is 19.5 Å². The van der Waals surface area contributed by atoms with E-state index in [1.165, 1.54) is 11.6 Å². The summed E-state index contributed by atoms with van der Waals surface area (Å²) in [4.78, 5) is 3.92. The maximum absolute atomic E-state index is 10.3. The first kappa shape index (κ1) is 18.7. The highest BCUT2D eigenvalue weighted by atomic mass is 35.5. The van der Waals surface area contributed by atoms with Crippen LogP contribution in [0.5, 0.6) is 11.5 Å². The average molecular weight is 423 g/mol. The molecule has 0 unspecified atom stereocenters. The molecule has 0 bridgehead atoms. The van der Waals surface area contributed by atoms with E-state index in [4.69, 9.17) is 11.6 Å². The molecule has 0 amide bonds. The van der Waals surface area contributed by atoms with E-state index < -0.39 is 0 Å². The molecule has 2 aromatic heterocycles. The monoisotopic (exact) mass is 422 g/mol. The summed E-state index contributed by atoms with van der Waals surface area (Å²) >= 11 is 6.05. The predicted molar refractivity (Wildman–Crippen MR) is 112 cm³/mol. The first-order valence-corrected chi connectivity index (χ1v) is 9.92. The molecule has 1 aliphatic heterocycles. The zero-order valence-corrected chi connectivity index (χ0v) is 16.7. The lowest BCUT2D eigenvalue weighted by atomic mass is 10.00. The standard InChI is InChI=1S/C21H19ClN6O2/c22-17-9-15(19(29)10-20(17)30)21-16-12-27(8-5-18(16)25-26-21)11-13-1-3-14(4-2-13)28-23-6-7-24-28/h1-4,6-7,9-10,29-30H,5,8,11-12H2,(H,25,26). The average Bonchev–Trinajstić information content (AvgIpc) is 3.41. The van der Waals surface area contributed by atoms with E-state index >= 15 is 0 Å². The summed E-state index contributed by atoms with van der Waals surface area (Å²) in [6, 6.07) is 11.0. The van der Waals surface area contributed by atoms with Crippen LogP contribution in [0.15, 0.2) is 48.8 Å². The molecule has 152 valence electrons. The minimum atomic E-state index is -0.155. The van der Waals surface area contributed by atoms with Crippen LogP contribution in [0.1, 0.15) is 16.8 Å². The number of rotatable bonds is 4. The molecule has 5 rings (SSSR count). The molecule has 4 aromatic rings. The number of fused-ring (bicyclic) bond motifs is 1. The first-order valence-electron chi connectivity index (χ1n) is 9.54. The molecule has 0 saturated carbocycles. The van der Waals surface area contributed by atoms with E-state index in [-0.39, 0.29) is 16.5 Å². The minimum Gasteiger partial charge on any atom is -0.507 e. The second-order valence-corrected chi connectivity index (χ2v) is 7.70. The Hall–Kier alpha value is -3.36. The summed E-state index contributed by atoms with van der Waals surface area (Å²) in [6.07, 6.45) is 4.14. The second-order valence-electron chi connectivity index (χ2n) is 7.30. The van der Waals surface area contributed by atoms with Crippen molar-refractivity contribution in [2.45, 2.75) is 19.5 Å². The van der Waals surface area contributed by atoms with Gasteiger partial charge in [0.1, 0.15) is 17.2 Å². The highest BCUT2D eigenvalue weighted by molar-refractivity contribution is 6.32. The Bertz CT molecular complexity index is 1190. The van der Waals surface area contributed by atoms with E-state index in [9.17, 15) is 10.2 Å². The molecule has 0 saturated heterocycles. The highest BCUT2D eigenvalue weighted by Crippen LogP contribution is 2.39. The molecule has 1 aliphatic rings. The van der Waals surface area contributed by atoms with Crippen LogP contribution in [-0.4, -0.2) is 46.8 Å². The Morgan fingerprint density at radius 1 is 1.03 bits per heavy atom. The number of nitrogens with zero attached hydrogens (tertiary/aromatic N) is 5. The van der Waals surface area contributed by atoms with Gasteiger partial charge in [0.2, 0.25) is 0 Å². The fourth-order valence-corrected chi connectivity index (χ4v) is 3.95. The maximum atomic E-state index is 10.3. The number of hydrogen-bond acceptors (Lipinski definition) is 6. The van der Waals surface area contributed by atoms with E-state index in [1.807, 2.05) is 12.1 Å². The normalized spacial score (nSPS) is 14.0. The molecular weight excluding hydrogens is 404 g/mol. The van der Waals surface area contributed by atoms with Crippen molar-refractivity contribution in [2.75, 3.05) is 6.54 Å². The van der Waals surface area contributed by atoms with Crippen molar-refractivity contribution < 1.29 is 10.2 Å². The van der Waals surface area contributed by atoms with Gasteiger partial charge in [0.25, 0.3) is 0 Å². The van der Waals surface area contributed by atoms with Gasteiger partial charge in [-0.2, -0.15) is 20.1 Å². The lowest BCUT2D eigenvalue weighted by Crippen LogP contribution is -2.30. The molecule has 0 radical (unpaired) electrons. The molecule has 3 heterocycles. The molecule has 0 spiro atoms. The zero-order chi connectivity index (χ0) is 20.7. The number of H-pyrrole nitrogens is 1. The van der Waals surface area contributed by atoms with Gasteiger partial charge in [0.15, 0.2) is 0 Å². The molecule has 9 heteroatoms. The third kappa shape index (κ3) is 3.40. The number of aromatic amines is 1. The third-order valence-corrected chi connectivity index (χ3v) is 5.63. The number of phenols is 2. The Kier molecular flexibility index (Phi) is 4.65. The number of phenolic OH excluding ortho intramolecular Hbond substituents is 2. The quantitative estimate of drug-likeness (QED) is 0.466. The number of aromatic hydroxyl groups is 2. The molecule has 0 atom stereocenters. The van der Waals surface area contributed by atoms with Crippen LogP contribution in [0.4, 0.5) is 0 Å². The number of benzene rings is 2. The van der Waals surface area contributed by atoms with Gasteiger partial charge >= 0.3 is 0 Å². The predicted octanol–water partition coefficient (Wildman–Crippen LogP) is 3.28. The van der Waals surface area contributed by atoms with Crippen LogP contribution >= 0.6 is 11.6 Å². The van der Waals surface area contributed by atoms with Crippen LogP contribution in [0.25, 0.3) is 16.9 Å². The van der Waals surface area contributed by atoms with Crippen LogP contribution < -0.4 is 0 Å². The van der Waals surface area contributed by atoms with Crippen molar-refractivity contribution in [3.05, 3.63) is 70.6 Å². The van der Waals surface area contributed by atoms with Crippen LogP contribution in [0.3, 0.4) is 0 Å². The summed E-state index contributed by atoms with van der Waals surface area (Å²) in [5.41, 5.74) is 5.37. The van der Waals surface area contributed by atoms with Gasteiger partial charge < -0.3 is 10.2 Å². The summed E-state index contributed by atoms with van der Waals surface area (Å²) in [5, 5.41) is 36.0. The lowest BCUT2D eigenvalue weighted by molar-refractivity contribution is 0.245. The van der Waals surface area contributed by atoms with Crippen molar-refractivity contribution in [3.8, 4) is 28.4 Å². The van der Waals surface area contributed by atoms with Crippen molar-refractivity contribution in [2.24, 2.45) is 0 Å². The van der Waals surface area contributed by atoms with E-state index in [1.54, 1.807) is 23.3 Å². The van der Waals surface area contributed by atoms with Crippen molar-refractivity contribution >= 4 is 11.6 Å². The minimum absolute atomic E-state index is 0.0499. The maximum Gasteiger partial charge on any atom is 0.137 e. The van der Waals surface area contributed by atoms with Crippen molar-refractivity contribution in [1.29, 1.82) is 0 Å². The third-order valence-electron chi connectivity index (χ3n) is 5.33. The molecule has 3 N–H and O–H groups in total. The summed E-state index contributed by atoms with van der Waals surface area (Å²) in [7, 11) is 0. The van der Waals surface area contributed by atoms with Crippen LogP contribution in [0, 0.1) is 0 Å². The van der Waals surface area contributed by atoms with Crippen LogP contribution in [0.2, 0.25) is 5.02 Å². The zero-order valence-electron chi connectivity index (χ0n) is 16.0. The first-order chi connectivity index (χ1) is 14.6. The fourth-order valence-electron chi connectivity index (χ4n) is 3.79. The van der Waals surface area contributed by atoms with Gasteiger partial charge in [0, 0.05) is 48.9 Å². The SMILES string of the molecule is Oc1cc(O)c(-c2n[nH]c3c2CN(Cc2ccc(-n4nccn4)cc2)CC3)cc1Cl. The summed E-state index contributed by atoms with van der Waals surface area (Å²) in [6.45, 7) is 2.39. The largest absolute Gasteiger partial charge is 0.507 e. The lowest BCUT2D eigenvalue weighted by Gasteiger charge is -2.27. The Morgan fingerprint density at radius 2 is 1.80 bits per heavy atom. The molecule has 30 heavy (non-hydrogen) atoms. The number of aromatic nitrogens is 5. The van der Waals surface area contributed by atoms with Gasteiger partial charge in [0.05, 0.1) is 23.1 Å². The molecular formula is C21H19ClN6O2. The van der Waals surface area contributed by atoms with Crippen molar-refractivity contribution in [1.82, 2.24) is 30.1 Å². The van der Waals surface area contributed by atoms with E-state index in [0.29, 0.717) is 17.8 Å². The Balaban J connectivity index is 1.37. The number of nitrogens with one attached hydrogen (secondary N) is 1. The highest BCUT2D eigenvalue weighted by Gasteiger charge is 2.24. The molecule has 2 aromatic carbocycles. The topological polar surface area (TPSA) is 103 Å². The Labute approximate surface area is 177 Å². The van der Waals surface area contributed by atoms with Gasteiger partial charge in [-0.1, -0.05) is 23.7 Å². The van der Waals surface area contributed by atoms with Gasteiger partial charge in [-0.05, 0) is 23.8 Å². The second kappa shape index (κ2) is 7.47. The Morgan fingerprint density at radius 3 is 2.57 bits per heavy atom. The fraction of sp³-hybridized carbons (Fsp3) is 0.190.